The van der Waals surface area contributed by atoms with Crippen LogP contribution >= 0.6 is 0 Å². The van der Waals surface area contributed by atoms with Gasteiger partial charge in [-0.25, -0.2) is 0 Å². The summed E-state index contributed by atoms with van der Waals surface area (Å²) in [5.41, 5.74) is 0. The summed E-state index contributed by atoms with van der Waals surface area (Å²) in [5, 5.41) is 0. The van der Waals surface area contributed by atoms with Gasteiger partial charge in [0.05, 0.1) is 0 Å². The van der Waals surface area contributed by atoms with Crippen molar-refractivity contribution in [2.45, 2.75) is 0 Å². The molecule has 0 unspecified atom stereocenters. The quantitative estimate of drug-likeness (QED) is 0.513. The van der Waals surface area contributed by atoms with Crippen molar-refractivity contribution in [3.8, 4) is 0 Å². The van der Waals surface area contributed by atoms with Crippen LogP contribution in [0.2, 0.25) is 0 Å². The van der Waals surface area contributed by atoms with E-state index in [9.17, 15) is 0 Å². The Morgan fingerprint density at radius 2 is 1.17 bits per heavy atom. The maximum absolute atomic E-state index is 8.69. The molecule has 0 atom stereocenters. The zero-order chi connectivity index (χ0) is 4.50. The van der Waals surface area contributed by atoms with Crippen LogP contribution in [0.25, 0.3) is 0 Å². The molecule has 0 aliphatic rings. The molecule has 0 aliphatic heterocycles. The average molecular weight is 250 g/mol. The first-order valence-electron chi connectivity index (χ1n) is 0.632. The molecule has 40 valence electrons. The summed E-state index contributed by atoms with van der Waals surface area (Å²) in [6.45, 7) is 0. The molecule has 1 N–H and O–H groups in total. The first-order chi connectivity index (χ1) is 2.00. The second-order valence-electron chi connectivity index (χ2n) is 0.396. The Morgan fingerprint density at radius 1 is 1.17 bits per heavy atom. The van der Waals surface area contributed by atoms with Gasteiger partial charge in [0, 0.05) is 0 Å². The summed E-state index contributed by atoms with van der Waals surface area (Å²) in [6.07, 6.45) is 0. The molecule has 0 rings (SSSR count). The molecule has 0 fully saturated rings. The van der Waals surface area contributed by atoms with Crippen molar-refractivity contribution in [1.82, 2.24) is 0 Å². The van der Waals surface area contributed by atoms with Gasteiger partial charge in [0.25, 0.3) is 0 Å². The van der Waals surface area contributed by atoms with Gasteiger partial charge in [-0.3, -0.25) is 0 Å². The average Bonchev–Trinajstić information content (AvgIpc) is 0.722. The Balaban J connectivity index is 0. The van der Waals surface area contributed by atoms with Crippen molar-refractivity contribution in [2.75, 3.05) is 0 Å². The first kappa shape index (κ1) is 9.83. The summed E-state index contributed by atoms with van der Waals surface area (Å²) < 4.78 is 33.1. The van der Waals surface area contributed by atoms with Gasteiger partial charge < -0.3 is 0 Å². The monoisotopic (exact) mass is 252 g/mol. The molecular formula is H3MnO4Te. The molecule has 6 heteroatoms. The Kier molecular flexibility index (Phi) is 4.55. The minimum absolute atomic E-state index is 0. The van der Waals surface area contributed by atoms with Crippen molar-refractivity contribution in [1.29, 1.82) is 0 Å². The van der Waals surface area contributed by atoms with E-state index in [0.717, 1.165) is 0 Å². The number of rotatable bonds is 0. The fourth-order valence-electron chi connectivity index (χ4n) is 0. The third kappa shape index (κ3) is 140. The van der Waals surface area contributed by atoms with Gasteiger partial charge in [-0.05, 0) is 0 Å². The fourth-order valence-corrected chi connectivity index (χ4v) is 0. The van der Waals surface area contributed by atoms with Crippen LogP contribution in [-0.4, -0.2) is 27.9 Å². The Labute approximate surface area is 52.4 Å². The van der Waals surface area contributed by atoms with Gasteiger partial charge in [0.1, 0.15) is 0 Å². The molecule has 0 bridgehead atoms. The number of hydrogen-bond donors (Lipinski definition) is 1. The van der Waals surface area contributed by atoms with E-state index >= 15 is 0 Å². The van der Waals surface area contributed by atoms with Gasteiger partial charge in [-0.15, -0.1) is 0 Å². The van der Waals surface area contributed by atoms with E-state index in [-0.39, 0.29) is 23.7 Å². The molecule has 0 aliphatic carbocycles. The molecule has 0 aromatic heterocycles. The van der Waals surface area contributed by atoms with Crippen LogP contribution in [0, 0.1) is 0 Å². The molecule has 0 saturated heterocycles. The van der Waals surface area contributed by atoms with Gasteiger partial charge in [0.15, 0.2) is 0 Å². The Hall–Kier alpha value is 0.669. The second kappa shape index (κ2) is 2.78. The molecule has 0 aromatic carbocycles. The van der Waals surface area contributed by atoms with Crippen molar-refractivity contribution < 1.29 is 28.7 Å². The van der Waals surface area contributed by atoms with Crippen molar-refractivity contribution in [3.63, 3.8) is 0 Å². The third-order valence-corrected chi connectivity index (χ3v) is 0. The van der Waals surface area contributed by atoms with E-state index in [2.05, 4.69) is 0 Å². The molecule has 0 heterocycles. The van der Waals surface area contributed by atoms with Gasteiger partial charge in [0.2, 0.25) is 0 Å². The molecule has 4 nitrogen and oxygen atoms in total. The van der Waals surface area contributed by atoms with Crippen molar-refractivity contribution >= 4 is 23.7 Å². The van der Waals surface area contributed by atoms with Crippen molar-refractivity contribution in [3.05, 3.63) is 0 Å². The van der Waals surface area contributed by atoms with E-state index in [4.69, 9.17) is 15.7 Å². The standard InChI is InChI=1S/Mn.H2O.3O.H2Te/h;1H2;;;;1H2/q+1;;;;;/p-1. The second-order valence-corrected chi connectivity index (χ2v) is 1.63. The van der Waals surface area contributed by atoms with E-state index in [1.807, 2.05) is 0 Å². The summed E-state index contributed by atoms with van der Waals surface area (Å²) in [7, 11) is 0. The van der Waals surface area contributed by atoms with Crippen LogP contribution in [0.3, 0.4) is 0 Å². The predicted molar refractivity (Wildman–Crippen MR) is 12.8 cm³/mol. The van der Waals surface area contributed by atoms with Gasteiger partial charge in [-0.1, -0.05) is 0 Å². The van der Waals surface area contributed by atoms with Gasteiger partial charge >= 0.3 is 52.3 Å². The van der Waals surface area contributed by atoms with Crippen LogP contribution < -0.4 is 0 Å². The summed E-state index contributed by atoms with van der Waals surface area (Å²) >= 11 is -5.38. The SMILES string of the molecule is [O]=[Mn](=[O])(=[O])[OH].[TeH2]. The van der Waals surface area contributed by atoms with E-state index in [0.29, 0.717) is 0 Å². The van der Waals surface area contributed by atoms with Crippen LogP contribution in [0.1, 0.15) is 0 Å². The molecule has 0 amide bonds. The molecular weight excluding hydrogens is 247 g/mol. The molecule has 6 heavy (non-hydrogen) atoms. The summed E-state index contributed by atoms with van der Waals surface area (Å²) in [4.78, 5) is 0. The topological polar surface area (TPSA) is 71.4 Å². The Bertz CT molecular complexity index is 129. The molecule has 0 radical (unpaired) electrons. The normalized spacial score (nSPS) is 9.50. The van der Waals surface area contributed by atoms with Crippen LogP contribution in [-0.2, 0) is 24.5 Å². The number of hydrogen-bond acceptors (Lipinski definition) is 3. The zero-order valence-electron chi connectivity index (χ0n) is 2.55. The van der Waals surface area contributed by atoms with Crippen LogP contribution in [0.15, 0.2) is 0 Å². The zero-order valence-corrected chi connectivity index (χ0v) is 6.58. The van der Waals surface area contributed by atoms with Crippen molar-refractivity contribution in [2.24, 2.45) is 0 Å². The maximum atomic E-state index is 8.69. The molecule has 0 spiro atoms. The van der Waals surface area contributed by atoms with Gasteiger partial charge in [-0.2, -0.15) is 0 Å². The van der Waals surface area contributed by atoms with Crippen LogP contribution in [0.4, 0.5) is 0 Å². The summed E-state index contributed by atoms with van der Waals surface area (Å²) in [5.74, 6) is 0. The minimum atomic E-state index is -5.38. The van der Waals surface area contributed by atoms with E-state index < -0.39 is 13.0 Å². The van der Waals surface area contributed by atoms with E-state index in [1.165, 1.54) is 0 Å². The van der Waals surface area contributed by atoms with E-state index in [1.54, 1.807) is 0 Å². The molecule has 0 aromatic rings. The summed E-state index contributed by atoms with van der Waals surface area (Å²) in [6, 6.07) is 0. The predicted octanol–water partition coefficient (Wildman–Crippen LogP) is -1.83. The third-order valence-electron chi connectivity index (χ3n) is 0. The Morgan fingerprint density at radius 3 is 1.17 bits per heavy atom. The van der Waals surface area contributed by atoms with Crippen LogP contribution in [0.5, 0.6) is 0 Å². The first-order valence-corrected chi connectivity index (χ1v) is 2.61. The molecule has 0 saturated carbocycles. The fraction of sp³-hybridized carbons (Fsp3) is 0.